The summed E-state index contributed by atoms with van der Waals surface area (Å²) < 4.78 is 1.42. The monoisotopic (exact) mass is 413 g/mol. The Balaban J connectivity index is 1.87. The molecule has 0 fully saturated rings. The second-order valence-corrected chi connectivity index (χ2v) is 6.56. The smallest absolute Gasteiger partial charge is 0.276 e. The van der Waals surface area contributed by atoms with E-state index in [9.17, 15) is 24.8 Å². The maximum absolute atomic E-state index is 12.5. The zero-order valence-corrected chi connectivity index (χ0v) is 15.8. The molecule has 0 atom stereocenters. The highest BCUT2D eigenvalue weighted by Gasteiger charge is 2.16. The number of halogens is 1. The third kappa shape index (κ3) is 4.41. The van der Waals surface area contributed by atoms with E-state index in [1.807, 2.05) is 0 Å². The highest BCUT2D eigenvalue weighted by Crippen LogP contribution is 2.20. The van der Waals surface area contributed by atoms with Gasteiger partial charge in [0.1, 0.15) is 0 Å². The molecule has 10 heteroatoms. The zero-order valence-electron chi connectivity index (χ0n) is 15.1. The minimum atomic E-state index is -0.802. The number of nitrogens with one attached hydrogen (secondary N) is 1. The SMILES string of the molecule is Cc1cc(=O)c(C(=O)NCc2cc([N+](=O)[O-])ccc2[O-])nn1-c1ccc(Cl)cc1. The number of rotatable bonds is 5. The number of carbonyl (C=O) groups excluding carboxylic acids is 1. The Morgan fingerprint density at radius 2 is 1.90 bits per heavy atom. The molecule has 0 saturated heterocycles. The Bertz CT molecular complexity index is 1160. The maximum Gasteiger partial charge on any atom is 0.276 e. The Kier molecular flexibility index (Phi) is 5.60. The van der Waals surface area contributed by atoms with Crippen molar-refractivity contribution in [3.8, 4) is 11.4 Å². The summed E-state index contributed by atoms with van der Waals surface area (Å²) >= 11 is 5.88. The first-order valence-electron chi connectivity index (χ1n) is 8.35. The number of nitro benzene ring substituents is 1. The molecule has 9 nitrogen and oxygen atoms in total. The molecule has 0 aliphatic rings. The van der Waals surface area contributed by atoms with Crippen LogP contribution in [-0.2, 0) is 6.54 Å². The summed E-state index contributed by atoms with van der Waals surface area (Å²) in [6.45, 7) is 1.38. The van der Waals surface area contributed by atoms with Gasteiger partial charge in [-0.15, -0.1) is 5.75 Å². The van der Waals surface area contributed by atoms with Gasteiger partial charge < -0.3 is 10.4 Å². The maximum atomic E-state index is 12.5. The average molecular weight is 414 g/mol. The van der Waals surface area contributed by atoms with Crippen molar-refractivity contribution in [2.45, 2.75) is 13.5 Å². The molecule has 0 spiro atoms. The van der Waals surface area contributed by atoms with Crippen molar-refractivity contribution in [1.82, 2.24) is 15.1 Å². The van der Waals surface area contributed by atoms with Gasteiger partial charge in [-0.05, 0) is 36.8 Å². The Morgan fingerprint density at radius 1 is 1.21 bits per heavy atom. The number of nitro groups is 1. The average Bonchev–Trinajstić information content (AvgIpc) is 2.68. The molecule has 0 unspecified atom stereocenters. The number of hydrogen-bond donors (Lipinski definition) is 1. The Morgan fingerprint density at radius 3 is 2.55 bits per heavy atom. The molecule has 0 bridgehead atoms. The molecular formula is C19H14ClN4O5-. The van der Waals surface area contributed by atoms with E-state index in [0.29, 0.717) is 16.4 Å². The number of aryl methyl sites for hydroxylation is 1. The van der Waals surface area contributed by atoms with Crippen molar-refractivity contribution >= 4 is 23.2 Å². The molecule has 3 rings (SSSR count). The molecule has 3 aromatic rings. The summed E-state index contributed by atoms with van der Waals surface area (Å²) in [4.78, 5) is 34.9. The topological polar surface area (TPSA) is 130 Å². The molecule has 0 aliphatic heterocycles. The molecular weight excluding hydrogens is 400 g/mol. The van der Waals surface area contributed by atoms with Crippen molar-refractivity contribution in [3.05, 3.63) is 90.8 Å². The van der Waals surface area contributed by atoms with Crippen LogP contribution >= 0.6 is 11.6 Å². The highest BCUT2D eigenvalue weighted by molar-refractivity contribution is 6.30. The minimum absolute atomic E-state index is 0.0256. The molecule has 0 saturated carbocycles. The fourth-order valence-corrected chi connectivity index (χ4v) is 2.75. The standard InChI is InChI=1S/C19H15ClN4O5/c1-11-8-17(26)18(22-23(11)14-4-2-13(20)3-5-14)19(27)21-10-12-9-15(24(28)29)6-7-16(12)25/h2-9,25H,10H2,1H3,(H,21,27)/p-1. The van der Waals surface area contributed by atoms with Gasteiger partial charge in [-0.3, -0.25) is 19.7 Å². The fraction of sp³-hybridized carbons (Fsp3) is 0.105. The summed E-state index contributed by atoms with van der Waals surface area (Å²) in [5.74, 6) is -1.27. The van der Waals surface area contributed by atoms with Crippen LogP contribution in [0, 0.1) is 17.0 Å². The second kappa shape index (κ2) is 8.11. The molecule has 29 heavy (non-hydrogen) atoms. The van der Waals surface area contributed by atoms with Gasteiger partial charge in [0.05, 0.1) is 10.6 Å². The van der Waals surface area contributed by atoms with Crippen LogP contribution in [0.2, 0.25) is 5.02 Å². The van der Waals surface area contributed by atoms with Crippen LogP contribution in [0.5, 0.6) is 5.75 Å². The van der Waals surface area contributed by atoms with Crippen molar-refractivity contribution in [3.63, 3.8) is 0 Å². The van der Waals surface area contributed by atoms with Crippen molar-refractivity contribution < 1.29 is 14.8 Å². The summed E-state index contributed by atoms with van der Waals surface area (Å²) in [7, 11) is 0. The first-order valence-corrected chi connectivity index (χ1v) is 8.73. The van der Waals surface area contributed by atoms with Gasteiger partial charge in [0.15, 0.2) is 5.69 Å². The van der Waals surface area contributed by atoms with E-state index in [4.69, 9.17) is 11.6 Å². The lowest BCUT2D eigenvalue weighted by Crippen LogP contribution is -2.31. The lowest BCUT2D eigenvalue weighted by molar-refractivity contribution is -0.385. The van der Waals surface area contributed by atoms with Crippen molar-refractivity contribution in [1.29, 1.82) is 0 Å². The zero-order chi connectivity index (χ0) is 21.1. The fourth-order valence-electron chi connectivity index (χ4n) is 2.63. The predicted molar refractivity (Wildman–Crippen MR) is 103 cm³/mol. The van der Waals surface area contributed by atoms with E-state index >= 15 is 0 Å². The molecule has 0 aliphatic carbocycles. The van der Waals surface area contributed by atoms with Crippen molar-refractivity contribution in [2.75, 3.05) is 0 Å². The third-order valence-corrected chi connectivity index (χ3v) is 4.34. The highest BCUT2D eigenvalue weighted by atomic mass is 35.5. The summed E-state index contributed by atoms with van der Waals surface area (Å²) in [5, 5.41) is 29.8. The van der Waals surface area contributed by atoms with E-state index in [2.05, 4.69) is 10.4 Å². The Labute approximate surface area is 169 Å². The quantitative estimate of drug-likeness (QED) is 0.503. The number of aromatic nitrogens is 2. The predicted octanol–water partition coefficient (Wildman–Crippen LogP) is 2.11. The van der Waals surface area contributed by atoms with Crippen LogP contribution in [0.4, 0.5) is 5.69 Å². The van der Waals surface area contributed by atoms with Crippen LogP contribution in [0.3, 0.4) is 0 Å². The number of hydrogen-bond acceptors (Lipinski definition) is 6. The summed E-state index contributed by atoms with van der Waals surface area (Å²) in [6.07, 6.45) is 0. The van der Waals surface area contributed by atoms with Crippen LogP contribution < -0.4 is 15.9 Å². The number of amides is 1. The lowest BCUT2D eigenvalue weighted by atomic mass is 10.1. The minimum Gasteiger partial charge on any atom is -0.872 e. The van der Waals surface area contributed by atoms with E-state index in [1.54, 1.807) is 31.2 Å². The molecule has 148 valence electrons. The second-order valence-electron chi connectivity index (χ2n) is 6.12. The van der Waals surface area contributed by atoms with Gasteiger partial charge >= 0.3 is 0 Å². The van der Waals surface area contributed by atoms with Gasteiger partial charge in [-0.1, -0.05) is 17.7 Å². The van der Waals surface area contributed by atoms with Crippen LogP contribution in [-0.4, -0.2) is 20.6 Å². The van der Waals surface area contributed by atoms with Gasteiger partial charge in [-0.2, -0.15) is 5.10 Å². The first kappa shape index (κ1) is 20.0. The molecule has 1 aromatic heterocycles. The largest absolute Gasteiger partial charge is 0.872 e. The lowest BCUT2D eigenvalue weighted by Gasteiger charge is -2.14. The normalized spacial score (nSPS) is 10.6. The first-order chi connectivity index (χ1) is 13.8. The number of benzene rings is 2. The van der Waals surface area contributed by atoms with Gasteiger partial charge in [0.25, 0.3) is 11.6 Å². The van der Waals surface area contributed by atoms with Crippen LogP contribution in [0.1, 0.15) is 21.7 Å². The molecule has 1 amide bonds. The molecule has 1 heterocycles. The molecule has 0 radical (unpaired) electrons. The van der Waals surface area contributed by atoms with Crippen LogP contribution in [0.25, 0.3) is 5.69 Å². The van der Waals surface area contributed by atoms with Gasteiger partial charge in [-0.25, -0.2) is 4.68 Å². The molecule has 1 N–H and O–H groups in total. The summed E-state index contributed by atoms with van der Waals surface area (Å²) in [5.41, 5.74) is -0.101. The third-order valence-electron chi connectivity index (χ3n) is 4.09. The van der Waals surface area contributed by atoms with E-state index < -0.39 is 22.0 Å². The molecule has 2 aromatic carbocycles. The summed E-state index contributed by atoms with van der Waals surface area (Å²) in [6, 6.07) is 11.1. The number of carbonyl (C=O) groups is 1. The van der Waals surface area contributed by atoms with Gasteiger partial charge in [0, 0.05) is 35.5 Å². The van der Waals surface area contributed by atoms with E-state index in [0.717, 1.165) is 18.2 Å². The van der Waals surface area contributed by atoms with E-state index in [1.165, 1.54) is 10.7 Å². The van der Waals surface area contributed by atoms with Crippen molar-refractivity contribution in [2.24, 2.45) is 0 Å². The van der Waals surface area contributed by atoms with E-state index in [-0.39, 0.29) is 23.5 Å². The number of nitrogens with zero attached hydrogens (tertiary/aromatic N) is 3. The van der Waals surface area contributed by atoms with Crippen LogP contribution in [0.15, 0.2) is 53.3 Å². The number of non-ortho nitro benzene ring substituents is 1. The Hall–Kier alpha value is -3.72. The van der Waals surface area contributed by atoms with Gasteiger partial charge in [0.2, 0.25) is 5.43 Å².